The van der Waals surface area contributed by atoms with Crippen molar-refractivity contribution in [1.82, 2.24) is 0 Å². The number of benzene rings is 2. The summed E-state index contributed by atoms with van der Waals surface area (Å²) < 4.78 is 0. The monoisotopic (exact) mass is 248 g/mol. The van der Waals surface area contributed by atoms with Crippen molar-refractivity contribution in [1.29, 1.82) is 0 Å². The molecule has 3 nitrogen and oxygen atoms in total. The Bertz CT molecular complexity index is 672. The zero-order chi connectivity index (χ0) is 13.1. The highest BCUT2D eigenvalue weighted by atomic mass is 16.1. The van der Waals surface area contributed by atoms with Gasteiger partial charge in [-0.25, -0.2) is 4.99 Å². The lowest BCUT2D eigenvalue weighted by Gasteiger charge is -2.05. The second kappa shape index (κ2) is 4.98. The SMILES string of the molecule is O=CC1=Nc2ccc(-c3ccccc3)cc2C=NC1. The average Bonchev–Trinajstić information content (AvgIpc) is 2.69. The molecule has 0 fully saturated rings. The molecule has 0 spiro atoms. The van der Waals surface area contributed by atoms with Gasteiger partial charge < -0.3 is 0 Å². The van der Waals surface area contributed by atoms with Crippen LogP contribution in [-0.2, 0) is 4.79 Å². The zero-order valence-electron chi connectivity index (χ0n) is 10.3. The summed E-state index contributed by atoms with van der Waals surface area (Å²) >= 11 is 0. The first kappa shape index (κ1) is 11.5. The topological polar surface area (TPSA) is 41.8 Å². The van der Waals surface area contributed by atoms with Crippen LogP contribution in [0.2, 0.25) is 0 Å². The second-order valence-corrected chi connectivity index (χ2v) is 4.33. The summed E-state index contributed by atoms with van der Waals surface area (Å²) in [4.78, 5) is 19.3. The Morgan fingerprint density at radius 3 is 2.63 bits per heavy atom. The van der Waals surface area contributed by atoms with Crippen molar-refractivity contribution in [2.75, 3.05) is 6.54 Å². The first-order chi connectivity index (χ1) is 9.36. The van der Waals surface area contributed by atoms with Gasteiger partial charge in [-0.2, -0.15) is 0 Å². The van der Waals surface area contributed by atoms with Crippen LogP contribution in [0, 0.1) is 0 Å². The van der Waals surface area contributed by atoms with E-state index < -0.39 is 0 Å². The van der Waals surface area contributed by atoms with E-state index in [0.29, 0.717) is 12.3 Å². The largest absolute Gasteiger partial charge is 0.296 e. The first-order valence-corrected chi connectivity index (χ1v) is 6.09. The standard InChI is InChI=1S/C16H12N2O/c19-11-15-10-17-9-14-8-13(6-7-16(14)18-15)12-4-2-1-3-5-12/h1-9,11H,10H2. The number of nitrogens with zero attached hydrogens (tertiary/aromatic N) is 2. The molecule has 1 aliphatic heterocycles. The number of aliphatic imine (C=N–C) groups is 2. The highest BCUT2D eigenvalue weighted by molar-refractivity contribution is 6.30. The normalized spacial score (nSPS) is 13.4. The minimum atomic E-state index is 0.346. The quantitative estimate of drug-likeness (QED) is 0.753. The van der Waals surface area contributed by atoms with Gasteiger partial charge in [-0.3, -0.25) is 9.79 Å². The lowest BCUT2D eigenvalue weighted by molar-refractivity contribution is -0.102. The molecule has 0 N–H and O–H groups in total. The van der Waals surface area contributed by atoms with E-state index in [2.05, 4.69) is 22.1 Å². The number of carbonyl (C=O) groups is 1. The molecule has 0 aromatic heterocycles. The maximum absolute atomic E-state index is 10.8. The van der Waals surface area contributed by atoms with Gasteiger partial charge in [-0.1, -0.05) is 36.4 Å². The summed E-state index contributed by atoms with van der Waals surface area (Å²) in [5, 5.41) is 0. The number of fused-ring (bicyclic) bond motifs is 1. The van der Waals surface area contributed by atoms with Crippen molar-refractivity contribution in [2.24, 2.45) is 9.98 Å². The van der Waals surface area contributed by atoms with Crippen LogP contribution >= 0.6 is 0 Å². The number of hydrogen-bond acceptors (Lipinski definition) is 3. The molecule has 1 heterocycles. The Morgan fingerprint density at radius 1 is 1.00 bits per heavy atom. The summed E-state index contributed by atoms with van der Waals surface area (Å²) in [5.41, 5.74) is 4.47. The van der Waals surface area contributed by atoms with Crippen molar-refractivity contribution >= 4 is 23.9 Å². The molecule has 0 saturated carbocycles. The third-order valence-electron chi connectivity index (χ3n) is 3.02. The molecule has 0 radical (unpaired) electrons. The van der Waals surface area contributed by atoms with E-state index in [1.807, 2.05) is 36.4 Å². The minimum Gasteiger partial charge on any atom is -0.296 e. The van der Waals surface area contributed by atoms with Gasteiger partial charge in [0, 0.05) is 11.8 Å². The Morgan fingerprint density at radius 2 is 1.84 bits per heavy atom. The Hall–Kier alpha value is -2.55. The molecule has 0 aliphatic carbocycles. The molecule has 0 amide bonds. The van der Waals surface area contributed by atoms with Crippen LogP contribution in [0.1, 0.15) is 5.56 Å². The van der Waals surface area contributed by atoms with Gasteiger partial charge in [0.05, 0.1) is 12.2 Å². The lowest BCUT2D eigenvalue weighted by Crippen LogP contribution is -2.02. The molecule has 2 aromatic rings. The fourth-order valence-corrected chi connectivity index (χ4v) is 2.06. The van der Waals surface area contributed by atoms with Gasteiger partial charge in [-0.05, 0) is 23.3 Å². The number of hydrogen-bond donors (Lipinski definition) is 0. The van der Waals surface area contributed by atoms with E-state index >= 15 is 0 Å². The number of carbonyl (C=O) groups excluding carboxylic acids is 1. The summed E-state index contributed by atoms with van der Waals surface area (Å²) in [6.45, 7) is 0.346. The highest BCUT2D eigenvalue weighted by Crippen LogP contribution is 2.26. The lowest BCUT2D eigenvalue weighted by atomic mass is 10.0. The van der Waals surface area contributed by atoms with Crippen LogP contribution in [0.4, 0.5) is 5.69 Å². The number of aldehydes is 1. The van der Waals surface area contributed by atoms with Crippen LogP contribution < -0.4 is 0 Å². The summed E-state index contributed by atoms with van der Waals surface area (Å²) in [7, 11) is 0. The van der Waals surface area contributed by atoms with Crippen molar-refractivity contribution in [3.05, 3.63) is 54.1 Å². The molecular formula is C16H12N2O. The fourth-order valence-electron chi connectivity index (χ4n) is 2.06. The predicted molar refractivity (Wildman–Crippen MR) is 77.5 cm³/mol. The Labute approximate surface area is 111 Å². The van der Waals surface area contributed by atoms with Crippen LogP contribution in [0.3, 0.4) is 0 Å². The van der Waals surface area contributed by atoms with Gasteiger partial charge in [0.25, 0.3) is 0 Å². The predicted octanol–water partition coefficient (Wildman–Crippen LogP) is 3.06. The molecule has 0 atom stereocenters. The van der Waals surface area contributed by atoms with Crippen molar-refractivity contribution < 1.29 is 4.79 Å². The minimum absolute atomic E-state index is 0.346. The smallest absolute Gasteiger partial charge is 0.166 e. The molecule has 92 valence electrons. The zero-order valence-corrected chi connectivity index (χ0v) is 10.3. The van der Waals surface area contributed by atoms with Gasteiger partial charge in [0.15, 0.2) is 6.29 Å². The fraction of sp³-hybridized carbons (Fsp3) is 0.0625. The summed E-state index contributed by atoms with van der Waals surface area (Å²) in [5.74, 6) is 0. The van der Waals surface area contributed by atoms with Crippen LogP contribution in [0.5, 0.6) is 0 Å². The first-order valence-electron chi connectivity index (χ1n) is 6.09. The van der Waals surface area contributed by atoms with E-state index in [4.69, 9.17) is 0 Å². The Balaban J connectivity index is 2.08. The molecular weight excluding hydrogens is 236 g/mol. The molecule has 0 bridgehead atoms. The molecule has 0 unspecified atom stereocenters. The van der Waals surface area contributed by atoms with Crippen molar-refractivity contribution in [3.8, 4) is 11.1 Å². The van der Waals surface area contributed by atoms with E-state index in [1.165, 1.54) is 0 Å². The van der Waals surface area contributed by atoms with Crippen LogP contribution in [0.15, 0.2) is 58.5 Å². The highest BCUT2D eigenvalue weighted by Gasteiger charge is 2.07. The van der Waals surface area contributed by atoms with Crippen molar-refractivity contribution in [3.63, 3.8) is 0 Å². The number of rotatable bonds is 2. The molecule has 2 aromatic carbocycles. The van der Waals surface area contributed by atoms with E-state index in [-0.39, 0.29) is 0 Å². The Kier molecular flexibility index (Phi) is 3.02. The van der Waals surface area contributed by atoms with Gasteiger partial charge in [0.2, 0.25) is 0 Å². The van der Waals surface area contributed by atoms with E-state index in [0.717, 1.165) is 28.7 Å². The molecule has 1 aliphatic rings. The van der Waals surface area contributed by atoms with Gasteiger partial charge >= 0.3 is 0 Å². The maximum atomic E-state index is 10.8. The molecule has 0 saturated heterocycles. The maximum Gasteiger partial charge on any atom is 0.166 e. The molecule has 3 rings (SSSR count). The van der Waals surface area contributed by atoms with Gasteiger partial charge in [-0.15, -0.1) is 0 Å². The van der Waals surface area contributed by atoms with E-state index in [9.17, 15) is 4.79 Å². The third-order valence-corrected chi connectivity index (χ3v) is 3.02. The average molecular weight is 248 g/mol. The van der Waals surface area contributed by atoms with Crippen LogP contribution in [0.25, 0.3) is 11.1 Å². The summed E-state index contributed by atoms with van der Waals surface area (Å²) in [6, 6.07) is 16.1. The molecule has 3 heteroatoms. The van der Waals surface area contributed by atoms with E-state index in [1.54, 1.807) is 6.21 Å². The van der Waals surface area contributed by atoms with Gasteiger partial charge in [0.1, 0.15) is 5.71 Å². The van der Waals surface area contributed by atoms with Crippen molar-refractivity contribution in [2.45, 2.75) is 0 Å². The van der Waals surface area contributed by atoms with Crippen LogP contribution in [-0.4, -0.2) is 24.8 Å². The summed E-state index contributed by atoms with van der Waals surface area (Å²) in [6.07, 6.45) is 2.54. The third kappa shape index (κ3) is 2.36. The molecule has 19 heavy (non-hydrogen) atoms. The second-order valence-electron chi connectivity index (χ2n) is 4.33.